The first kappa shape index (κ1) is 22.7. The highest BCUT2D eigenvalue weighted by molar-refractivity contribution is 6.30. The Morgan fingerprint density at radius 3 is 2.30 bits per heavy atom. The molecule has 8 heteroatoms. The number of ether oxygens (including phenoxy) is 1. The molecular formula is C25H23ClN2O5. The minimum Gasteiger partial charge on any atom is -0.454 e. The lowest BCUT2D eigenvalue weighted by atomic mass is 9.85. The Morgan fingerprint density at radius 2 is 1.67 bits per heavy atom. The lowest BCUT2D eigenvalue weighted by Gasteiger charge is -2.25. The summed E-state index contributed by atoms with van der Waals surface area (Å²) in [6, 6.07) is 14.5. The molecule has 0 saturated carbocycles. The maximum atomic E-state index is 13.1. The molecule has 4 rings (SSSR count). The van der Waals surface area contributed by atoms with E-state index in [-0.39, 0.29) is 18.2 Å². The highest BCUT2D eigenvalue weighted by Crippen LogP contribution is 2.36. The normalized spacial score (nSPS) is 20.3. The molecule has 3 atom stereocenters. The van der Waals surface area contributed by atoms with Crippen molar-refractivity contribution in [2.45, 2.75) is 25.3 Å². The Labute approximate surface area is 196 Å². The zero-order chi connectivity index (χ0) is 23.4. The van der Waals surface area contributed by atoms with Gasteiger partial charge >= 0.3 is 5.97 Å². The zero-order valence-corrected chi connectivity index (χ0v) is 18.5. The van der Waals surface area contributed by atoms with Crippen LogP contribution < -0.4 is 5.32 Å². The van der Waals surface area contributed by atoms with Crippen LogP contribution in [0, 0.1) is 11.8 Å². The van der Waals surface area contributed by atoms with Gasteiger partial charge in [0, 0.05) is 17.1 Å². The Hall–Kier alpha value is -3.45. The molecule has 170 valence electrons. The summed E-state index contributed by atoms with van der Waals surface area (Å²) in [5.41, 5.74) is 1.24. The van der Waals surface area contributed by atoms with Gasteiger partial charge in [-0.05, 0) is 36.6 Å². The summed E-state index contributed by atoms with van der Waals surface area (Å²) < 4.78 is 5.26. The second-order valence-corrected chi connectivity index (χ2v) is 8.51. The van der Waals surface area contributed by atoms with Crippen LogP contribution in [0.25, 0.3) is 0 Å². The monoisotopic (exact) mass is 466 g/mol. The molecule has 1 fully saturated rings. The van der Waals surface area contributed by atoms with E-state index in [9.17, 15) is 19.2 Å². The molecular weight excluding hydrogens is 444 g/mol. The van der Waals surface area contributed by atoms with E-state index in [4.69, 9.17) is 16.3 Å². The lowest BCUT2D eigenvalue weighted by Crippen LogP contribution is -2.48. The predicted octanol–water partition coefficient (Wildman–Crippen LogP) is 3.38. The molecule has 33 heavy (non-hydrogen) atoms. The Balaban J connectivity index is 1.48. The van der Waals surface area contributed by atoms with Gasteiger partial charge in [0.25, 0.3) is 5.91 Å². The largest absolute Gasteiger partial charge is 0.454 e. The van der Waals surface area contributed by atoms with Gasteiger partial charge in [0.05, 0.1) is 11.8 Å². The van der Waals surface area contributed by atoms with Crippen LogP contribution >= 0.6 is 11.6 Å². The summed E-state index contributed by atoms with van der Waals surface area (Å²) in [6.07, 6.45) is 4.84. The number of nitrogens with one attached hydrogen (secondary N) is 1. The minimum absolute atomic E-state index is 0.111. The molecule has 0 spiro atoms. The van der Waals surface area contributed by atoms with Crippen LogP contribution in [0.2, 0.25) is 5.02 Å². The minimum atomic E-state index is -1.14. The molecule has 0 bridgehead atoms. The second-order valence-electron chi connectivity index (χ2n) is 8.07. The summed E-state index contributed by atoms with van der Waals surface area (Å²) >= 11 is 5.92. The van der Waals surface area contributed by atoms with Crippen LogP contribution in [-0.2, 0) is 30.3 Å². The van der Waals surface area contributed by atoms with Crippen LogP contribution in [0.1, 0.15) is 18.4 Å². The van der Waals surface area contributed by atoms with E-state index in [1.165, 1.54) is 0 Å². The van der Waals surface area contributed by atoms with Crippen molar-refractivity contribution in [3.05, 3.63) is 77.3 Å². The summed E-state index contributed by atoms with van der Waals surface area (Å²) in [4.78, 5) is 52.5. The third-order valence-electron chi connectivity index (χ3n) is 5.85. The fraction of sp³-hybridized carbons (Fsp3) is 0.280. The average Bonchev–Trinajstić information content (AvgIpc) is 3.07. The van der Waals surface area contributed by atoms with Gasteiger partial charge in [0.1, 0.15) is 6.04 Å². The maximum absolute atomic E-state index is 13.1. The maximum Gasteiger partial charge on any atom is 0.330 e. The van der Waals surface area contributed by atoms with E-state index in [2.05, 4.69) is 5.32 Å². The van der Waals surface area contributed by atoms with Crippen LogP contribution in [0.5, 0.6) is 0 Å². The van der Waals surface area contributed by atoms with Gasteiger partial charge in [-0.25, -0.2) is 4.79 Å². The van der Waals surface area contributed by atoms with Crippen molar-refractivity contribution >= 4 is 41.0 Å². The first-order valence-electron chi connectivity index (χ1n) is 10.7. The van der Waals surface area contributed by atoms with Gasteiger partial charge in [-0.1, -0.05) is 60.2 Å². The molecule has 1 aliphatic carbocycles. The summed E-state index contributed by atoms with van der Waals surface area (Å²) in [6.45, 7) is -0.554. The molecule has 0 unspecified atom stereocenters. The summed E-state index contributed by atoms with van der Waals surface area (Å²) in [5.74, 6) is -3.00. The molecule has 0 radical (unpaired) electrons. The van der Waals surface area contributed by atoms with Gasteiger partial charge in [0.15, 0.2) is 6.61 Å². The Morgan fingerprint density at radius 1 is 1.00 bits per heavy atom. The molecule has 2 aliphatic rings. The molecule has 1 N–H and O–H groups in total. The van der Waals surface area contributed by atoms with Crippen molar-refractivity contribution < 1.29 is 23.9 Å². The Bertz CT molecular complexity index is 1070. The van der Waals surface area contributed by atoms with E-state index in [0.717, 1.165) is 10.5 Å². The predicted molar refractivity (Wildman–Crippen MR) is 122 cm³/mol. The summed E-state index contributed by atoms with van der Waals surface area (Å²) in [5, 5.41) is 3.05. The van der Waals surface area contributed by atoms with Crippen LogP contribution in [0.4, 0.5) is 5.69 Å². The molecule has 3 amide bonds. The number of rotatable bonds is 7. The van der Waals surface area contributed by atoms with E-state index in [0.29, 0.717) is 23.6 Å². The molecule has 1 saturated heterocycles. The number of benzene rings is 2. The van der Waals surface area contributed by atoms with Crippen molar-refractivity contribution in [1.29, 1.82) is 0 Å². The molecule has 2 aromatic carbocycles. The third kappa shape index (κ3) is 5.14. The number of allylic oxidation sites excluding steroid dienone is 2. The van der Waals surface area contributed by atoms with Gasteiger partial charge < -0.3 is 10.1 Å². The number of nitrogens with zero attached hydrogens (tertiary/aromatic N) is 1. The number of imide groups is 1. The number of anilines is 1. The molecule has 2 aromatic rings. The smallest absolute Gasteiger partial charge is 0.330 e. The lowest BCUT2D eigenvalue weighted by molar-refractivity contribution is -0.159. The standard InChI is InChI=1S/C25H23ClN2O5/c26-17-9-6-10-18(14-17)27-22(29)15-33-25(32)21(13-16-7-2-1-3-8-16)28-23(30)19-11-4-5-12-20(19)24(28)31/h1-10,14,19-21H,11-13,15H2,(H,27,29)/t19-,20-,21+/m1/s1. The number of amides is 3. The topological polar surface area (TPSA) is 92.8 Å². The molecule has 1 heterocycles. The summed E-state index contributed by atoms with van der Waals surface area (Å²) in [7, 11) is 0. The molecule has 7 nitrogen and oxygen atoms in total. The van der Waals surface area contributed by atoms with Gasteiger partial charge in [-0.15, -0.1) is 0 Å². The first-order valence-corrected chi connectivity index (χ1v) is 11.1. The highest BCUT2D eigenvalue weighted by atomic mass is 35.5. The van der Waals surface area contributed by atoms with Crippen LogP contribution in [0.3, 0.4) is 0 Å². The number of esters is 1. The average molecular weight is 467 g/mol. The highest BCUT2D eigenvalue weighted by Gasteiger charge is 2.51. The zero-order valence-electron chi connectivity index (χ0n) is 17.8. The van der Waals surface area contributed by atoms with Crippen molar-refractivity contribution in [2.24, 2.45) is 11.8 Å². The fourth-order valence-electron chi connectivity index (χ4n) is 4.25. The number of hydrogen-bond acceptors (Lipinski definition) is 5. The number of hydrogen-bond donors (Lipinski definition) is 1. The van der Waals surface area contributed by atoms with Gasteiger partial charge in [0.2, 0.25) is 11.8 Å². The first-order chi connectivity index (χ1) is 15.9. The van der Waals surface area contributed by atoms with E-state index in [1.54, 1.807) is 24.3 Å². The molecule has 0 aromatic heterocycles. The fourth-order valence-corrected chi connectivity index (χ4v) is 4.44. The number of carbonyl (C=O) groups excluding carboxylic acids is 4. The van der Waals surface area contributed by atoms with Crippen LogP contribution in [0.15, 0.2) is 66.7 Å². The Kier molecular flexibility index (Phi) is 6.89. The van der Waals surface area contributed by atoms with Gasteiger partial charge in [-0.2, -0.15) is 0 Å². The SMILES string of the molecule is O=C(COC(=O)[C@H](Cc1ccccc1)N1C(=O)[C@@H]2CC=CC[C@H]2C1=O)Nc1cccc(Cl)c1. The number of halogens is 1. The molecule has 1 aliphatic heterocycles. The number of likely N-dealkylation sites (tertiary alicyclic amines) is 1. The van der Waals surface area contributed by atoms with Crippen LogP contribution in [-0.4, -0.2) is 41.2 Å². The van der Waals surface area contributed by atoms with E-state index in [1.807, 2.05) is 42.5 Å². The van der Waals surface area contributed by atoms with Crippen molar-refractivity contribution in [2.75, 3.05) is 11.9 Å². The number of carbonyl (C=O) groups is 4. The third-order valence-corrected chi connectivity index (χ3v) is 6.09. The van der Waals surface area contributed by atoms with E-state index < -0.39 is 36.4 Å². The van der Waals surface area contributed by atoms with E-state index >= 15 is 0 Å². The number of fused-ring (bicyclic) bond motifs is 1. The van der Waals surface area contributed by atoms with Crippen molar-refractivity contribution in [3.63, 3.8) is 0 Å². The van der Waals surface area contributed by atoms with Gasteiger partial charge in [-0.3, -0.25) is 19.3 Å². The second kappa shape index (κ2) is 10.0. The van der Waals surface area contributed by atoms with Crippen molar-refractivity contribution in [1.82, 2.24) is 4.90 Å². The quantitative estimate of drug-likeness (QED) is 0.383. The van der Waals surface area contributed by atoms with Crippen molar-refractivity contribution in [3.8, 4) is 0 Å².